The number of aromatic nitrogens is 1. The van der Waals surface area contributed by atoms with Gasteiger partial charge in [-0.1, -0.05) is 61.5 Å². The van der Waals surface area contributed by atoms with E-state index in [1.54, 1.807) is 0 Å². The molecule has 3 aromatic carbocycles. The zero-order valence-electron chi connectivity index (χ0n) is 16.4. The van der Waals surface area contributed by atoms with E-state index >= 15 is 0 Å². The van der Waals surface area contributed by atoms with Crippen molar-refractivity contribution in [3.8, 4) is 0 Å². The van der Waals surface area contributed by atoms with Gasteiger partial charge in [0, 0.05) is 34.8 Å². The van der Waals surface area contributed by atoms with E-state index in [4.69, 9.17) is 0 Å². The van der Waals surface area contributed by atoms with Gasteiger partial charge >= 0.3 is 0 Å². The second-order valence-electron chi connectivity index (χ2n) is 7.41. The first-order valence-corrected chi connectivity index (χ1v) is 9.89. The molecule has 0 aliphatic carbocycles. The van der Waals surface area contributed by atoms with Crippen molar-refractivity contribution >= 4 is 27.5 Å². The van der Waals surface area contributed by atoms with Crippen molar-refractivity contribution < 1.29 is 9.90 Å². The highest BCUT2D eigenvalue weighted by molar-refractivity contribution is 6.21. The van der Waals surface area contributed by atoms with Crippen molar-refractivity contribution in [3.63, 3.8) is 0 Å². The maximum absolute atomic E-state index is 13.5. The standard InChI is InChI=1S/C25H25NO2/c1-3-18(27)14-15-26-16-23(21-10-6-7-11-24(21)26)25(28)22-13-12-17(2)19-8-4-5-9-20(19)22/h4-13,16,18,27H,3,14-15H2,1-2H3. The van der Waals surface area contributed by atoms with Gasteiger partial charge in [-0.05, 0) is 42.2 Å². The number of aryl methyl sites for hydroxylation is 2. The predicted octanol–water partition coefficient (Wildman–Crippen LogP) is 5.49. The molecular formula is C25H25NO2. The fourth-order valence-corrected chi connectivity index (χ4v) is 3.90. The van der Waals surface area contributed by atoms with Gasteiger partial charge in [0.2, 0.25) is 0 Å². The molecule has 1 N–H and O–H groups in total. The Morgan fingerprint density at radius 3 is 2.36 bits per heavy atom. The monoisotopic (exact) mass is 371 g/mol. The molecule has 1 unspecified atom stereocenters. The highest BCUT2D eigenvalue weighted by atomic mass is 16.3. The van der Waals surface area contributed by atoms with E-state index in [-0.39, 0.29) is 11.9 Å². The normalized spacial score (nSPS) is 12.5. The van der Waals surface area contributed by atoms with Crippen molar-refractivity contribution in [2.45, 2.75) is 39.3 Å². The number of carbonyl (C=O) groups is 1. The van der Waals surface area contributed by atoms with Crippen LogP contribution in [0.2, 0.25) is 0 Å². The minimum Gasteiger partial charge on any atom is -0.393 e. The van der Waals surface area contributed by atoms with Crippen LogP contribution in [0.15, 0.2) is 66.9 Å². The molecule has 1 heterocycles. The first-order valence-electron chi connectivity index (χ1n) is 9.89. The van der Waals surface area contributed by atoms with Gasteiger partial charge in [-0.25, -0.2) is 0 Å². The van der Waals surface area contributed by atoms with Crippen molar-refractivity contribution in [1.82, 2.24) is 4.57 Å². The molecule has 0 aliphatic rings. The summed E-state index contributed by atoms with van der Waals surface area (Å²) in [7, 11) is 0. The number of hydrogen-bond acceptors (Lipinski definition) is 2. The highest BCUT2D eigenvalue weighted by Crippen LogP contribution is 2.29. The van der Waals surface area contributed by atoms with Gasteiger partial charge in [0.05, 0.1) is 6.10 Å². The van der Waals surface area contributed by atoms with Gasteiger partial charge in [-0.2, -0.15) is 0 Å². The van der Waals surface area contributed by atoms with Crippen LogP contribution in [-0.2, 0) is 6.54 Å². The first kappa shape index (κ1) is 18.5. The predicted molar refractivity (Wildman–Crippen MR) is 115 cm³/mol. The molecule has 0 saturated heterocycles. The van der Waals surface area contributed by atoms with Crippen LogP contribution >= 0.6 is 0 Å². The van der Waals surface area contributed by atoms with Crippen LogP contribution in [0.1, 0.15) is 41.3 Å². The Morgan fingerprint density at radius 2 is 1.61 bits per heavy atom. The molecule has 28 heavy (non-hydrogen) atoms. The van der Waals surface area contributed by atoms with E-state index in [1.165, 1.54) is 5.56 Å². The number of hydrogen-bond donors (Lipinski definition) is 1. The lowest BCUT2D eigenvalue weighted by molar-refractivity contribution is 0.104. The molecule has 4 rings (SSSR count). The Bertz CT molecular complexity index is 1160. The van der Waals surface area contributed by atoms with E-state index in [9.17, 15) is 9.90 Å². The maximum Gasteiger partial charge on any atom is 0.195 e. The Balaban J connectivity index is 1.82. The molecule has 1 aromatic heterocycles. The summed E-state index contributed by atoms with van der Waals surface area (Å²) in [5, 5.41) is 13.0. The van der Waals surface area contributed by atoms with Gasteiger partial charge in [-0.3, -0.25) is 4.79 Å². The molecule has 0 bridgehead atoms. The van der Waals surface area contributed by atoms with Gasteiger partial charge in [0.25, 0.3) is 0 Å². The number of nitrogens with zero attached hydrogens (tertiary/aromatic N) is 1. The van der Waals surface area contributed by atoms with Crippen molar-refractivity contribution in [1.29, 1.82) is 0 Å². The molecule has 0 fully saturated rings. The summed E-state index contributed by atoms with van der Waals surface area (Å²) < 4.78 is 2.10. The van der Waals surface area contributed by atoms with Crippen LogP contribution in [-0.4, -0.2) is 21.6 Å². The van der Waals surface area contributed by atoms with E-state index in [1.807, 2.05) is 67.7 Å². The number of carbonyl (C=O) groups excluding carboxylic acids is 1. The molecule has 142 valence electrons. The van der Waals surface area contributed by atoms with Crippen LogP contribution in [0, 0.1) is 6.92 Å². The Hall–Kier alpha value is -2.91. The molecule has 4 aromatic rings. The van der Waals surface area contributed by atoms with Crippen LogP contribution in [0.3, 0.4) is 0 Å². The smallest absolute Gasteiger partial charge is 0.195 e. The lowest BCUT2D eigenvalue weighted by Crippen LogP contribution is -2.09. The van der Waals surface area contributed by atoms with Crippen LogP contribution < -0.4 is 0 Å². The Kier molecular flexibility index (Phi) is 5.01. The Labute approximate surface area is 165 Å². The van der Waals surface area contributed by atoms with Crippen molar-refractivity contribution in [2.24, 2.45) is 0 Å². The SMILES string of the molecule is CCC(O)CCn1cc(C(=O)c2ccc(C)c3ccccc23)c2ccccc21. The molecule has 1 atom stereocenters. The number of aliphatic hydroxyl groups excluding tert-OH is 1. The fourth-order valence-electron chi connectivity index (χ4n) is 3.90. The van der Waals surface area contributed by atoms with E-state index in [0.717, 1.165) is 39.2 Å². The van der Waals surface area contributed by atoms with Gasteiger partial charge < -0.3 is 9.67 Å². The third-order valence-electron chi connectivity index (χ3n) is 5.59. The summed E-state index contributed by atoms with van der Waals surface area (Å²) >= 11 is 0. The van der Waals surface area contributed by atoms with Crippen molar-refractivity contribution in [3.05, 3.63) is 83.6 Å². The number of fused-ring (bicyclic) bond motifs is 2. The molecule has 3 nitrogen and oxygen atoms in total. The van der Waals surface area contributed by atoms with Crippen molar-refractivity contribution in [2.75, 3.05) is 0 Å². The van der Waals surface area contributed by atoms with Gasteiger partial charge in [0.15, 0.2) is 5.78 Å². The molecule has 0 spiro atoms. The summed E-state index contributed by atoms with van der Waals surface area (Å²) in [6.07, 6.45) is 3.04. The summed E-state index contributed by atoms with van der Waals surface area (Å²) in [6.45, 7) is 4.74. The van der Waals surface area contributed by atoms with Crippen LogP contribution in [0.25, 0.3) is 21.7 Å². The summed E-state index contributed by atoms with van der Waals surface area (Å²) in [5.74, 6) is 0.0437. The zero-order chi connectivity index (χ0) is 19.7. The second-order valence-corrected chi connectivity index (χ2v) is 7.41. The number of aliphatic hydroxyl groups is 1. The summed E-state index contributed by atoms with van der Waals surface area (Å²) in [5.41, 5.74) is 3.65. The number of para-hydroxylation sites is 1. The largest absolute Gasteiger partial charge is 0.393 e. The molecule has 0 saturated carbocycles. The highest BCUT2D eigenvalue weighted by Gasteiger charge is 2.19. The first-order chi connectivity index (χ1) is 13.6. The third-order valence-corrected chi connectivity index (χ3v) is 5.59. The van der Waals surface area contributed by atoms with E-state index in [0.29, 0.717) is 13.0 Å². The fraction of sp³-hybridized carbons (Fsp3) is 0.240. The summed E-state index contributed by atoms with van der Waals surface area (Å²) in [6, 6.07) is 20.0. The molecule has 3 heteroatoms. The topological polar surface area (TPSA) is 42.2 Å². The lowest BCUT2D eigenvalue weighted by atomic mass is 9.95. The molecule has 0 amide bonds. The average molecular weight is 371 g/mol. The number of rotatable bonds is 6. The van der Waals surface area contributed by atoms with Crippen LogP contribution in [0.4, 0.5) is 0 Å². The van der Waals surface area contributed by atoms with E-state index < -0.39 is 0 Å². The maximum atomic E-state index is 13.5. The number of ketones is 1. The molecule has 0 radical (unpaired) electrons. The molecule has 0 aliphatic heterocycles. The quantitative estimate of drug-likeness (QED) is 0.455. The molecular weight excluding hydrogens is 346 g/mol. The average Bonchev–Trinajstić information content (AvgIpc) is 3.11. The minimum absolute atomic E-state index is 0.0437. The second kappa shape index (κ2) is 7.61. The van der Waals surface area contributed by atoms with Gasteiger partial charge in [0.1, 0.15) is 0 Å². The summed E-state index contributed by atoms with van der Waals surface area (Å²) in [4.78, 5) is 13.5. The zero-order valence-corrected chi connectivity index (χ0v) is 16.4. The third kappa shape index (κ3) is 3.23. The Morgan fingerprint density at radius 1 is 0.929 bits per heavy atom. The number of benzene rings is 3. The lowest BCUT2D eigenvalue weighted by Gasteiger charge is -2.09. The minimum atomic E-state index is -0.318. The van der Waals surface area contributed by atoms with E-state index in [2.05, 4.69) is 17.6 Å². The van der Waals surface area contributed by atoms with Crippen LogP contribution in [0.5, 0.6) is 0 Å². The van der Waals surface area contributed by atoms with Gasteiger partial charge in [-0.15, -0.1) is 0 Å².